The van der Waals surface area contributed by atoms with Gasteiger partial charge in [-0.25, -0.2) is 9.97 Å². The van der Waals surface area contributed by atoms with E-state index in [2.05, 4.69) is 30.7 Å². The maximum absolute atomic E-state index is 10.7. The van der Waals surface area contributed by atoms with Gasteiger partial charge in [-0.1, -0.05) is 32.5 Å². The number of fused-ring (bicyclic) bond motifs is 1. The Hall–Kier alpha value is -1.56. The summed E-state index contributed by atoms with van der Waals surface area (Å²) in [4.78, 5) is 19.6. The summed E-state index contributed by atoms with van der Waals surface area (Å²) < 4.78 is 2.02. The Morgan fingerprint density at radius 2 is 2.20 bits per heavy atom. The number of rotatable bonds is 5. The monoisotopic (exact) mass is 293 g/mol. The lowest BCUT2D eigenvalue weighted by molar-refractivity contribution is -0.133. The van der Waals surface area contributed by atoms with E-state index in [1.807, 2.05) is 16.7 Å². The number of carboxylic acid groups (broad SMARTS) is 1. The highest BCUT2D eigenvalue weighted by atomic mass is 32.2. The van der Waals surface area contributed by atoms with Gasteiger partial charge in [0.1, 0.15) is 5.52 Å². The van der Waals surface area contributed by atoms with Crippen LogP contribution in [0.15, 0.2) is 23.5 Å². The van der Waals surface area contributed by atoms with E-state index in [1.54, 1.807) is 6.20 Å². The van der Waals surface area contributed by atoms with Crippen molar-refractivity contribution in [2.24, 2.45) is 5.41 Å². The molecule has 2 aromatic rings. The molecule has 0 saturated carbocycles. The van der Waals surface area contributed by atoms with Crippen LogP contribution in [0.25, 0.3) is 11.2 Å². The normalized spacial score (nSPS) is 11.9. The maximum atomic E-state index is 10.7. The summed E-state index contributed by atoms with van der Waals surface area (Å²) in [5.74, 6) is -0.823. The van der Waals surface area contributed by atoms with Crippen LogP contribution >= 0.6 is 11.8 Å². The summed E-state index contributed by atoms with van der Waals surface area (Å²) >= 11 is 1.24. The van der Waals surface area contributed by atoms with Crippen molar-refractivity contribution >= 4 is 28.9 Å². The largest absolute Gasteiger partial charge is 0.481 e. The third-order valence-electron chi connectivity index (χ3n) is 2.88. The molecule has 2 heterocycles. The second-order valence-electron chi connectivity index (χ2n) is 5.89. The van der Waals surface area contributed by atoms with E-state index < -0.39 is 5.97 Å². The number of aryl methyl sites for hydroxylation is 1. The number of hydrogen-bond acceptors (Lipinski definition) is 4. The molecule has 0 amide bonds. The lowest BCUT2D eigenvalue weighted by Crippen LogP contribution is -2.12. The number of aliphatic carboxylic acids is 1. The molecule has 6 heteroatoms. The number of hydrogen-bond donors (Lipinski definition) is 1. The fourth-order valence-electron chi connectivity index (χ4n) is 1.82. The highest BCUT2D eigenvalue weighted by Crippen LogP contribution is 2.26. The van der Waals surface area contributed by atoms with E-state index in [9.17, 15) is 4.79 Å². The minimum atomic E-state index is -0.836. The van der Waals surface area contributed by atoms with Gasteiger partial charge >= 0.3 is 5.97 Å². The molecular weight excluding hydrogens is 274 g/mol. The van der Waals surface area contributed by atoms with Crippen LogP contribution in [0.4, 0.5) is 0 Å². The maximum Gasteiger partial charge on any atom is 0.313 e. The number of pyridine rings is 1. The first-order valence-electron chi connectivity index (χ1n) is 6.53. The fraction of sp³-hybridized carbons (Fsp3) is 0.500. The van der Waals surface area contributed by atoms with Gasteiger partial charge in [0.25, 0.3) is 0 Å². The predicted octanol–water partition coefficient (Wildman–Crippen LogP) is 3.04. The molecule has 0 fully saturated rings. The number of aromatic nitrogens is 3. The molecule has 0 spiro atoms. The SMILES string of the molecule is CC(C)(C)CCn1c(SCC(=O)O)nc2cccnc21. The zero-order valence-corrected chi connectivity index (χ0v) is 12.8. The van der Waals surface area contributed by atoms with Gasteiger partial charge in [-0.3, -0.25) is 4.79 Å². The Morgan fingerprint density at radius 1 is 1.45 bits per heavy atom. The van der Waals surface area contributed by atoms with E-state index in [-0.39, 0.29) is 11.2 Å². The van der Waals surface area contributed by atoms with Crippen molar-refractivity contribution in [3.05, 3.63) is 18.3 Å². The summed E-state index contributed by atoms with van der Waals surface area (Å²) in [6.07, 6.45) is 2.72. The highest BCUT2D eigenvalue weighted by molar-refractivity contribution is 7.99. The molecule has 1 N–H and O–H groups in total. The highest BCUT2D eigenvalue weighted by Gasteiger charge is 2.16. The molecule has 0 atom stereocenters. The minimum Gasteiger partial charge on any atom is -0.481 e. The summed E-state index contributed by atoms with van der Waals surface area (Å²) in [6, 6.07) is 3.75. The first-order chi connectivity index (χ1) is 9.37. The van der Waals surface area contributed by atoms with Gasteiger partial charge in [-0.2, -0.15) is 0 Å². The van der Waals surface area contributed by atoms with E-state index in [4.69, 9.17) is 5.11 Å². The van der Waals surface area contributed by atoms with E-state index in [1.165, 1.54) is 11.8 Å². The number of imidazole rings is 1. The minimum absolute atomic E-state index is 0.0127. The van der Waals surface area contributed by atoms with Crippen LogP contribution in [-0.2, 0) is 11.3 Å². The first-order valence-corrected chi connectivity index (χ1v) is 7.51. The summed E-state index contributed by atoms with van der Waals surface area (Å²) in [5, 5.41) is 9.55. The molecule has 0 aliphatic heterocycles. The van der Waals surface area contributed by atoms with Gasteiger partial charge in [0, 0.05) is 12.7 Å². The molecule has 0 aliphatic rings. The van der Waals surface area contributed by atoms with Crippen molar-refractivity contribution in [3.8, 4) is 0 Å². The summed E-state index contributed by atoms with van der Waals surface area (Å²) in [7, 11) is 0. The van der Waals surface area contributed by atoms with Crippen molar-refractivity contribution in [2.75, 3.05) is 5.75 Å². The smallest absolute Gasteiger partial charge is 0.313 e. The van der Waals surface area contributed by atoms with Crippen LogP contribution in [0.1, 0.15) is 27.2 Å². The molecule has 108 valence electrons. The second-order valence-corrected chi connectivity index (χ2v) is 6.83. The molecule has 2 aromatic heterocycles. The zero-order valence-electron chi connectivity index (χ0n) is 12.0. The van der Waals surface area contributed by atoms with Crippen LogP contribution in [0.2, 0.25) is 0 Å². The van der Waals surface area contributed by atoms with Crippen molar-refractivity contribution in [2.45, 2.75) is 38.9 Å². The number of carbonyl (C=O) groups is 1. The van der Waals surface area contributed by atoms with Crippen LogP contribution in [0, 0.1) is 5.41 Å². The average Bonchev–Trinajstić information content (AvgIpc) is 2.70. The first kappa shape index (κ1) is 14.8. The van der Waals surface area contributed by atoms with Gasteiger partial charge in [0.2, 0.25) is 0 Å². The molecule has 0 saturated heterocycles. The van der Waals surface area contributed by atoms with Crippen molar-refractivity contribution in [3.63, 3.8) is 0 Å². The molecule has 0 bridgehead atoms. The fourth-order valence-corrected chi connectivity index (χ4v) is 2.57. The number of nitrogens with zero attached hydrogens (tertiary/aromatic N) is 3. The van der Waals surface area contributed by atoms with Gasteiger partial charge < -0.3 is 9.67 Å². The lowest BCUT2D eigenvalue weighted by Gasteiger charge is -2.19. The molecule has 5 nitrogen and oxygen atoms in total. The Morgan fingerprint density at radius 3 is 2.85 bits per heavy atom. The van der Waals surface area contributed by atoms with Gasteiger partial charge in [-0.05, 0) is 24.0 Å². The molecule has 20 heavy (non-hydrogen) atoms. The third kappa shape index (κ3) is 3.72. The third-order valence-corrected chi connectivity index (χ3v) is 3.84. The summed E-state index contributed by atoms with van der Waals surface area (Å²) in [6.45, 7) is 7.34. The number of thioether (sulfide) groups is 1. The Balaban J connectivity index is 2.31. The van der Waals surface area contributed by atoms with Gasteiger partial charge in [0.05, 0.1) is 5.75 Å². The van der Waals surface area contributed by atoms with Crippen molar-refractivity contribution in [1.82, 2.24) is 14.5 Å². The van der Waals surface area contributed by atoms with Crippen LogP contribution in [-0.4, -0.2) is 31.4 Å². The summed E-state index contributed by atoms with van der Waals surface area (Å²) in [5.41, 5.74) is 1.85. The Bertz CT molecular complexity index is 616. The van der Waals surface area contributed by atoms with Crippen LogP contribution in [0.5, 0.6) is 0 Å². The quantitative estimate of drug-likeness (QED) is 0.858. The lowest BCUT2D eigenvalue weighted by atomic mass is 9.92. The molecule has 0 radical (unpaired) electrons. The predicted molar refractivity (Wildman–Crippen MR) is 80.0 cm³/mol. The van der Waals surface area contributed by atoms with Crippen molar-refractivity contribution in [1.29, 1.82) is 0 Å². The van der Waals surface area contributed by atoms with Gasteiger partial charge in [-0.15, -0.1) is 0 Å². The molecule has 0 aromatic carbocycles. The topological polar surface area (TPSA) is 68.0 Å². The molecular formula is C14H19N3O2S. The zero-order chi connectivity index (χ0) is 14.8. The molecule has 0 unspecified atom stereocenters. The van der Waals surface area contributed by atoms with E-state index >= 15 is 0 Å². The number of carboxylic acids is 1. The van der Waals surface area contributed by atoms with Crippen LogP contribution in [0.3, 0.4) is 0 Å². The van der Waals surface area contributed by atoms with E-state index in [0.717, 1.165) is 29.3 Å². The standard InChI is InChI=1S/C14H19N3O2S/c1-14(2,3)6-8-17-12-10(5-4-7-15-12)16-13(17)20-9-11(18)19/h4-5,7H,6,8-9H2,1-3H3,(H,18,19). The van der Waals surface area contributed by atoms with E-state index in [0.29, 0.717) is 0 Å². The molecule has 2 rings (SSSR count). The van der Waals surface area contributed by atoms with Gasteiger partial charge in [0.15, 0.2) is 10.8 Å². The van der Waals surface area contributed by atoms with Crippen molar-refractivity contribution < 1.29 is 9.90 Å². The van der Waals surface area contributed by atoms with Crippen LogP contribution < -0.4 is 0 Å². The molecule has 0 aliphatic carbocycles. The Kier molecular flexibility index (Phi) is 4.32. The average molecular weight is 293 g/mol. The second kappa shape index (κ2) is 5.83. The Labute approximate surface area is 122 Å².